The molecule has 1 aliphatic rings. The third-order valence-electron chi connectivity index (χ3n) is 5.27. The highest BCUT2D eigenvalue weighted by molar-refractivity contribution is 5.99. The van der Waals surface area contributed by atoms with Gasteiger partial charge in [0.05, 0.1) is 17.4 Å². The second-order valence-corrected chi connectivity index (χ2v) is 6.96. The van der Waals surface area contributed by atoms with E-state index in [0.29, 0.717) is 18.6 Å². The number of nitrogens with zero attached hydrogens (tertiary/aromatic N) is 2. The zero-order chi connectivity index (χ0) is 20.7. The van der Waals surface area contributed by atoms with Gasteiger partial charge in [0.25, 0.3) is 5.69 Å². The topological polar surface area (TPSA) is 99.0 Å². The number of hydrogen-bond donors (Lipinski definition) is 0. The van der Waals surface area contributed by atoms with E-state index in [4.69, 9.17) is 9.47 Å². The molecule has 2 rings (SSSR count). The number of carbonyl (C=O) groups excluding carboxylic acids is 2. The second kappa shape index (κ2) is 9.45. The van der Waals surface area contributed by atoms with E-state index < -0.39 is 16.3 Å². The van der Waals surface area contributed by atoms with E-state index in [-0.39, 0.29) is 17.3 Å². The van der Waals surface area contributed by atoms with E-state index in [1.165, 1.54) is 42.4 Å². The number of nitro benzene ring substituents is 1. The molecule has 0 radical (unpaired) electrons. The molecule has 0 unspecified atom stereocenters. The largest absolute Gasteiger partial charge is 0.464 e. The molecule has 0 atom stereocenters. The molecule has 152 valence electrons. The molecule has 8 nitrogen and oxygen atoms in total. The van der Waals surface area contributed by atoms with Gasteiger partial charge in [0.1, 0.15) is 5.70 Å². The summed E-state index contributed by atoms with van der Waals surface area (Å²) in [4.78, 5) is 37.3. The predicted molar refractivity (Wildman–Crippen MR) is 103 cm³/mol. The smallest absolute Gasteiger partial charge is 0.354 e. The fourth-order valence-corrected chi connectivity index (χ4v) is 3.63. The second-order valence-electron chi connectivity index (χ2n) is 6.96. The van der Waals surface area contributed by atoms with E-state index in [9.17, 15) is 19.7 Å². The number of rotatable bonds is 8. The van der Waals surface area contributed by atoms with Gasteiger partial charge in [-0.1, -0.05) is 12.8 Å². The third-order valence-corrected chi connectivity index (χ3v) is 5.27. The number of nitro groups is 1. The number of non-ortho nitro benzene ring substituents is 1. The van der Waals surface area contributed by atoms with Gasteiger partial charge in [0.15, 0.2) is 0 Å². The average Bonchev–Trinajstić information content (AvgIpc) is 3.19. The Morgan fingerprint density at radius 1 is 1.21 bits per heavy atom. The fraction of sp³-hybridized carbons (Fsp3) is 0.500. The summed E-state index contributed by atoms with van der Waals surface area (Å²) in [7, 11) is 4.41. The number of ether oxygens (including phenoxy) is 2. The predicted octanol–water partition coefficient (Wildman–Crippen LogP) is 3.16. The summed E-state index contributed by atoms with van der Waals surface area (Å²) in [6.07, 6.45) is 5.54. The van der Waals surface area contributed by atoms with Crippen molar-refractivity contribution in [3.05, 3.63) is 45.6 Å². The summed E-state index contributed by atoms with van der Waals surface area (Å²) < 4.78 is 10.0. The molecule has 8 heteroatoms. The van der Waals surface area contributed by atoms with Gasteiger partial charge in [-0.3, -0.25) is 14.9 Å². The Morgan fingerprint density at radius 3 is 2.32 bits per heavy atom. The van der Waals surface area contributed by atoms with Crippen molar-refractivity contribution in [3.8, 4) is 0 Å². The minimum absolute atomic E-state index is 0.0503. The van der Waals surface area contributed by atoms with Crippen molar-refractivity contribution in [1.82, 2.24) is 4.90 Å². The number of benzene rings is 1. The van der Waals surface area contributed by atoms with Gasteiger partial charge in [-0.2, -0.15) is 0 Å². The number of carbonyl (C=O) groups is 2. The van der Waals surface area contributed by atoms with Crippen LogP contribution in [0.15, 0.2) is 30.0 Å². The molecule has 1 aromatic rings. The van der Waals surface area contributed by atoms with E-state index in [1.807, 2.05) is 0 Å². The van der Waals surface area contributed by atoms with E-state index in [0.717, 1.165) is 25.7 Å². The quantitative estimate of drug-likeness (QED) is 0.293. The van der Waals surface area contributed by atoms with Crippen LogP contribution >= 0.6 is 0 Å². The Kier molecular flexibility index (Phi) is 7.28. The summed E-state index contributed by atoms with van der Waals surface area (Å²) in [5.74, 6) is -0.783. The summed E-state index contributed by atoms with van der Waals surface area (Å²) in [6.45, 7) is 0.471. The average molecular weight is 390 g/mol. The van der Waals surface area contributed by atoms with Crippen LogP contribution in [-0.2, 0) is 19.1 Å². The first-order valence-electron chi connectivity index (χ1n) is 9.16. The number of methoxy groups -OCH3 is 2. The standard InChI is InChI=1S/C20H26N2O6/c1-21(19(24)20(12-13-27-2)10-4-5-11-20)17(18(23)28-3)14-15-6-8-16(9-7-15)22(25)26/h6-9,14H,4-5,10-13H2,1-3H3. The summed E-state index contributed by atoms with van der Waals surface area (Å²) >= 11 is 0. The molecule has 0 aromatic heterocycles. The number of esters is 1. The highest BCUT2D eigenvalue weighted by Crippen LogP contribution is 2.43. The number of likely N-dealkylation sites (N-methyl/N-ethyl adjacent to an activating group) is 1. The fourth-order valence-electron chi connectivity index (χ4n) is 3.63. The van der Waals surface area contributed by atoms with Crippen molar-refractivity contribution >= 4 is 23.6 Å². The lowest BCUT2D eigenvalue weighted by atomic mass is 9.81. The summed E-state index contributed by atoms with van der Waals surface area (Å²) in [5.41, 5.74) is 0.0478. The van der Waals surface area contributed by atoms with Gasteiger partial charge in [-0.15, -0.1) is 0 Å². The molecule has 1 fully saturated rings. The lowest BCUT2D eigenvalue weighted by Crippen LogP contribution is -2.42. The third kappa shape index (κ3) is 4.75. The highest BCUT2D eigenvalue weighted by Gasteiger charge is 2.43. The molecule has 0 heterocycles. The van der Waals surface area contributed by atoms with Crippen LogP contribution in [-0.4, -0.2) is 49.6 Å². The number of hydrogen-bond acceptors (Lipinski definition) is 6. The highest BCUT2D eigenvalue weighted by atomic mass is 16.6. The monoisotopic (exact) mass is 390 g/mol. The van der Waals surface area contributed by atoms with Crippen molar-refractivity contribution in [3.63, 3.8) is 0 Å². The summed E-state index contributed by atoms with van der Waals surface area (Å²) in [6, 6.07) is 5.74. The van der Waals surface area contributed by atoms with Crippen molar-refractivity contribution in [2.24, 2.45) is 5.41 Å². The van der Waals surface area contributed by atoms with Gasteiger partial charge < -0.3 is 14.4 Å². The first kappa shape index (κ1) is 21.6. The molecular formula is C20H26N2O6. The maximum atomic E-state index is 13.3. The van der Waals surface area contributed by atoms with Crippen molar-refractivity contribution in [2.75, 3.05) is 27.9 Å². The molecule has 1 saturated carbocycles. The SMILES string of the molecule is COCCC1(C(=O)N(C)C(=Cc2ccc([N+](=O)[O-])cc2)C(=O)OC)CCCC1. The Labute approximate surface area is 164 Å². The van der Waals surface area contributed by atoms with Gasteiger partial charge in [-0.25, -0.2) is 4.79 Å². The molecular weight excluding hydrogens is 364 g/mol. The number of amides is 1. The molecule has 1 amide bonds. The van der Waals surface area contributed by atoms with Crippen LogP contribution in [0.3, 0.4) is 0 Å². The van der Waals surface area contributed by atoms with E-state index >= 15 is 0 Å². The maximum Gasteiger partial charge on any atom is 0.354 e. The molecule has 1 aromatic carbocycles. The molecule has 0 bridgehead atoms. The van der Waals surface area contributed by atoms with E-state index in [1.54, 1.807) is 14.2 Å². The lowest BCUT2D eigenvalue weighted by Gasteiger charge is -2.32. The van der Waals surface area contributed by atoms with Gasteiger partial charge in [0.2, 0.25) is 5.91 Å². The van der Waals surface area contributed by atoms with Crippen LogP contribution in [0.5, 0.6) is 0 Å². The minimum Gasteiger partial charge on any atom is -0.464 e. The Hall–Kier alpha value is -2.74. The molecule has 0 spiro atoms. The van der Waals surface area contributed by atoms with Crippen LogP contribution in [0.1, 0.15) is 37.7 Å². The Bertz CT molecular complexity index is 750. The summed E-state index contributed by atoms with van der Waals surface area (Å²) in [5, 5.41) is 10.8. The first-order chi connectivity index (χ1) is 13.3. The Balaban J connectivity index is 2.34. The molecule has 0 saturated heterocycles. The maximum absolute atomic E-state index is 13.3. The van der Waals surface area contributed by atoms with Gasteiger partial charge in [0, 0.05) is 32.9 Å². The normalized spacial score (nSPS) is 15.9. The van der Waals surface area contributed by atoms with Crippen LogP contribution in [0.2, 0.25) is 0 Å². The minimum atomic E-state index is -0.644. The van der Waals surface area contributed by atoms with Crippen LogP contribution in [0, 0.1) is 15.5 Å². The van der Waals surface area contributed by atoms with Crippen molar-refractivity contribution < 1.29 is 24.0 Å². The first-order valence-corrected chi connectivity index (χ1v) is 9.16. The van der Waals surface area contributed by atoms with Crippen molar-refractivity contribution in [2.45, 2.75) is 32.1 Å². The van der Waals surface area contributed by atoms with Crippen molar-refractivity contribution in [1.29, 1.82) is 0 Å². The zero-order valence-electron chi connectivity index (χ0n) is 16.5. The molecule has 1 aliphatic carbocycles. The van der Waals surface area contributed by atoms with Crippen LogP contribution < -0.4 is 0 Å². The lowest BCUT2D eigenvalue weighted by molar-refractivity contribution is -0.384. The molecule has 28 heavy (non-hydrogen) atoms. The van der Waals surface area contributed by atoms with E-state index in [2.05, 4.69) is 0 Å². The van der Waals surface area contributed by atoms with Gasteiger partial charge in [-0.05, 0) is 43.0 Å². The zero-order valence-corrected chi connectivity index (χ0v) is 16.5. The van der Waals surface area contributed by atoms with Gasteiger partial charge >= 0.3 is 5.97 Å². The van der Waals surface area contributed by atoms with Crippen LogP contribution in [0.25, 0.3) is 6.08 Å². The molecule has 0 N–H and O–H groups in total. The Morgan fingerprint density at radius 2 is 1.82 bits per heavy atom. The molecule has 0 aliphatic heterocycles. The van der Waals surface area contributed by atoms with Crippen LogP contribution in [0.4, 0.5) is 5.69 Å².